The number of ether oxygens (including phenoxy) is 2. The molecule has 0 bridgehead atoms. The van der Waals surface area contributed by atoms with Crippen LogP contribution >= 0.6 is 23.2 Å². The third kappa shape index (κ3) is 9.29. The van der Waals surface area contributed by atoms with Crippen LogP contribution in [0.4, 0.5) is 0 Å². The van der Waals surface area contributed by atoms with Crippen molar-refractivity contribution >= 4 is 23.2 Å². The summed E-state index contributed by atoms with van der Waals surface area (Å²) in [6.45, 7) is 25.7. The van der Waals surface area contributed by atoms with Gasteiger partial charge in [0.05, 0.1) is 12.2 Å². The van der Waals surface area contributed by atoms with Gasteiger partial charge in [0, 0.05) is 5.56 Å². The monoisotopic (exact) mass is 933 g/mol. The van der Waals surface area contributed by atoms with E-state index in [2.05, 4.69) is 87.4 Å². The van der Waals surface area contributed by atoms with Gasteiger partial charge in [0.25, 0.3) is 0 Å². The van der Waals surface area contributed by atoms with Gasteiger partial charge in [0.1, 0.15) is 16.3 Å². The van der Waals surface area contributed by atoms with Gasteiger partial charge in [-0.15, -0.1) is 0 Å². The Morgan fingerprint density at radius 3 is 1.42 bits per heavy atom. The van der Waals surface area contributed by atoms with E-state index in [0.717, 1.165) is 113 Å². The summed E-state index contributed by atoms with van der Waals surface area (Å²) in [5, 5.41) is 0. The molecule has 0 aliphatic heterocycles. The third-order valence-corrected chi connectivity index (χ3v) is 23.9. The van der Waals surface area contributed by atoms with Crippen LogP contribution in [-0.2, 0) is 0 Å². The van der Waals surface area contributed by atoms with Gasteiger partial charge in [-0.25, -0.2) is 0 Å². The molecular formula is C61H98Cl2O2. The van der Waals surface area contributed by atoms with Crippen molar-refractivity contribution in [3.8, 4) is 11.5 Å². The number of hydrogen-bond acceptors (Lipinski definition) is 2. The molecule has 65 heavy (non-hydrogen) atoms. The molecule has 9 rings (SSSR count). The highest BCUT2D eigenvalue weighted by Crippen LogP contribution is 2.70. The molecule has 8 saturated carbocycles. The molecule has 8 aliphatic rings. The summed E-state index contributed by atoms with van der Waals surface area (Å²) in [6, 6.07) is 6.44. The molecule has 18 atom stereocenters. The molecule has 10 unspecified atom stereocenters. The van der Waals surface area contributed by atoms with E-state index in [1.54, 1.807) is 0 Å². The quantitative estimate of drug-likeness (QED) is 0.163. The van der Waals surface area contributed by atoms with Crippen molar-refractivity contribution < 1.29 is 9.47 Å². The van der Waals surface area contributed by atoms with Gasteiger partial charge >= 0.3 is 0 Å². The van der Waals surface area contributed by atoms with E-state index in [1.807, 2.05) is 0 Å². The van der Waals surface area contributed by atoms with Gasteiger partial charge in [-0.1, -0.05) is 131 Å². The minimum atomic E-state index is -0.636. The summed E-state index contributed by atoms with van der Waals surface area (Å²) in [5.41, 5.74) is 2.93. The van der Waals surface area contributed by atoms with Crippen LogP contribution in [0.2, 0.25) is 0 Å². The van der Waals surface area contributed by atoms with E-state index in [9.17, 15) is 0 Å². The van der Waals surface area contributed by atoms with Gasteiger partial charge in [-0.05, 0) is 238 Å². The Balaban J connectivity index is 0.786. The zero-order valence-corrected chi connectivity index (χ0v) is 45.1. The van der Waals surface area contributed by atoms with Gasteiger partial charge < -0.3 is 9.47 Å². The first-order valence-electron chi connectivity index (χ1n) is 28.7. The first kappa shape index (κ1) is 49.4. The maximum Gasteiger partial charge on any atom is 0.136 e. The number of fused-ring (bicyclic) bond motifs is 10. The Hall–Kier alpha value is -0.600. The highest BCUT2D eigenvalue weighted by Gasteiger charge is 2.62. The van der Waals surface area contributed by atoms with Crippen LogP contribution in [0.15, 0.2) is 18.2 Å². The average molecular weight is 934 g/mol. The van der Waals surface area contributed by atoms with E-state index < -0.39 is 4.84 Å². The Bertz CT molecular complexity index is 1760. The number of halogens is 2. The van der Waals surface area contributed by atoms with E-state index in [4.69, 9.17) is 32.7 Å². The van der Waals surface area contributed by atoms with Crippen molar-refractivity contribution in [2.24, 2.45) is 105 Å². The van der Waals surface area contributed by atoms with E-state index in [-0.39, 0.29) is 12.2 Å². The standard InChI is InChI=1S/C61H98Cl2O2/c1-38(2)13-11-15-40(5)50-22-24-52-47-20-17-42-35-45(27-31-58(42,7)54(47)29-33-60(50,52)9)64-44-19-26-56(49(37-44)57(62)63)65-46-28-32-59(8)43(36-46)18-21-48-53-25-23-51(41(6)16-12-14-39(3)4)61(53,10)34-30-55(48)59/h19,26,37-43,45-48,50-55,57H,11-18,20-25,27-36H2,1-10H3/t40-,41-,42?,43?,45?,46?,47?,48?,50-,51-,52?,53?,54?,55?,58+,59+,60-,61-/m1/s1. The fourth-order valence-corrected chi connectivity index (χ4v) is 20.3. The number of hydrogen-bond donors (Lipinski definition) is 0. The van der Waals surface area contributed by atoms with Gasteiger partial charge in [0.2, 0.25) is 0 Å². The summed E-state index contributed by atoms with van der Waals surface area (Å²) in [5.74, 6) is 14.2. The van der Waals surface area contributed by atoms with Gasteiger partial charge in [-0.2, -0.15) is 0 Å². The molecule has 8 fully saturated rings. The van der Waals surface area contributed by atoms with Crippen molar-refractivity contribution in [3.63, 3.8) is 0 Å². The molecular weight excluding hydrogens is 836 g/mol. The molecule has 0 saturated heterocycles. The zero-order valence-electron chi connectivity index (χ0n) is 43.6. The van der Waals surface area contributed by atoms with Crippen molar-refractivity contribution in [3.05, 3.63) is 23.8 Å². The molecule has 8 aliphatic carbocycles. The molecule has 1 aromatic rings. The van der Waals surface area contributed by atoms with Crippen LogP contribution in [0.25, 0.3) is 0 Å². The maximum atomic E-state index is 6.99. The maximum absolute atomic E-state index is 6.99. The fourth-order valence-electron chi connectivity index (χ4n) is 20.0. The molecule has 4 heteroatoms. The molecule has 0 aromatic heterocycles. The van der Waals surface area contributed by atoms with E-state index in [1.165, 1.54) is 141 Å². The van der Waals surface area contributed by atoms with E-state index in [0.29, 0.717) is 21.7 Å². The van der Waals surface area contributed by atoms with Gasteiger partial charge in [-0.3, -0.25) is 0 Å². The van der Waals surface area contributed by atoms with Crippen molar-refractivity contribution in [2.75, 3.05) is 0 Å². The highest BCUT2D eigenvalue weighted by atomic mass is 35.5. The molecule has 0 heterocycles. The summed E-state index contributed by atoms with van der Waals surface area (Å²) < 4.78 is 13.9. The second-order valence-corrected chi connectivity index (χ2v) is 28.5. The van der Waals surface area contributed by atoms with Crippen LogP contribution in [0.1, 0.15) is 234 Å². The molecule has 0 amide bonds. The Kier molecular flexibility index (Phi) is 14.8. The lowest BCUT2D eigenvalue weighted by Crippen LogP contribution is -2.54. The second-order valence-electron chi connectivity index (χ2n) is 27.4. The summed E-state index contributed by atoms with van der Waals surface area (Å²) >= 11 is 13.6. The summed E-state index contributed by atoms with van der Waals surface area (Å²) in [6.07, 6.45) is 33.7. The second kappa shape index (κ2) is 19.5. The van der Waals surface area contributed by atoms with Gasteiger partial charge in [0.15, 0.2) is 0 Å². The predicted octanol–water partition coefficient (Wildman–Crippen LogP) is 18.9. The van der Waals surface area contributed by atoms with E-state index >= 15 is 0 Å². The minimum absolute atomic E-state index is 0.232. The number of benzene rings is 1. The SMILES string of the molecule is CC(C)CCC[C@@H](C)[C@H]1CCC2C3CCC4CC(Oc5ccc(OC6CC[C@@]7(C)C(CCC8C7CC[C@@]7(C)C8CC[C@@H]7[C@H](C)CCCC(C)C)C6)c(C(Cl)Cl)c5)CC[C@]4(C)C3CC[C@@]21C. The average Bonchev–Trinajstić information content (AvgIpc) is 3.81. The predicted molar refractivity (Wildman–Crippen MR) is 276 cm³/mol. The molecule has 0 N–H and O–H groups in total. The van der Waals surface area contributed by atoms with Crippen LogP contribution in [0.5, 0.6) is 11.5 Å². The Morgan fingerprint density at radius 1 is 0.508 bits per heavy atom. The summed E-state index contributed by atoms with van der Waals surface area (Å²) in [4.78, 5) is -0.636. The van der Waals surface area contributed by atoms with Crippen LogP contribution < -0.4 is 9.47 Å². The summed E-state index contributed by atoms with van der Waals surface area (Å²) in [7, 11) is 0. The first-order chi connectivity index (χ1) is 30.9. The van der Waals surface area contributed by atoms with Crippen LogP contribution in [-0.4, -0.2) is 12.2 Å². The lowest BCUT2D eigenvalue weighted by atomic mass is 9.44. The Labute approximate surface area is 410 Å². The zero-order chi connectivity index (χ0) is 46.1. The Morgan fingerprint density at radius 2 is 0.954 bits per heavy atom. The van der Waals surface area contributed by atoms with Crippen molar-refractivity contribution in [2.45, 2.75) is 240 Å². The van der Waals surface area contributed by atoms with Crippen LogP contribution in [0, 0.1) is 105 Å². The molecule has 1 aromatic carbocycles. The first-order valence-corrected chi connectivity index (χ1v) is 29.6. The lowest BCUT2D eigenvalue weighted by Gasteiger charge is -2.61. The van der Waals surface area contributed by atoms with Crippen molar-refractivity contribution in [1.29, 1.82) is 0 Å². The number of rotatable bonds is 15. The smallest absolute Gasteiger partial charge is 0.136 e. The fraction of sp³-hybridized carbons (Fsp3) is 0.902. The van der Waals surface area contributed by atoms with Crippen LogP contribution in [0.3, 0.4) is 0 Å². The topological polar surface area (TPSA) is 18.5 Å². The lowest BCUT2D eigenvalue weighted by molar-refractivity contribution is -0.127. The molecule has 0 spiro atoms. The molecule has 368 valence electrons. The normalized spacial score (nSPS) is 44.4. The molecule has 0 radical (unpaired) electrons. The van der Waals surface area contributed by atoms with Crippen molar-refractivity contribution in [1.82, 2.24) is 0 Å². The number of alkyl halides is 2. The minimum Gasteiger partial charge on any atom is -0.490 e. The largest absolute Gasteiger partial charge is 0.490 e. The third-order valence-electron chi connectivity index (χ3n) is 23.5. The highest BCUT2D eigenvalue weighted by molar-refractivity contribution is 6.44. The molecule has 2 nitrogen and oxygen atoms in total.